The molecule has 0 aliphatic carbocycles. The molecule has 0 atom stereocenters. The minimum atomic E-state index is -0.164. The second kappa shape index (κ2) is 9.07. The van der Waals surface area contributed by atoms with Gasteiger partial charge in [-0.15, -0.1) is 0 Å². The quantitative estimate of drug-likeness (QED) is 0.820. The molecule has 1 aromatic rings. The molecule has 0 saturated carbocycles. The van der Waals surface area contributed by atoms with Gasteiger partial charge in [0, 0.05) is 38.8 Å². The Labute approximate surface area is 161 Å². The summed E-state index contributed by atoms with van der Waals surface area (Å²) in [5.41, 5.74) is 0.807. The van der Waals surface area contributed by atoms with Gasteiger partial charge in [-0.25, -0.2) is 0 Å². The van der Waals surface area contributed by atoms with Crippen LogP contribution in [0.4, 0.5) is 0 Å². The van der Waals surface area contributed by atoms with E-state index in [0.29, 0.717) is 28.3 Å². The first kappa shape index (κ1) is 21.0. The minimum absolute atomic E-state index is 0.0644. The van der Waals surface area contributed by atoms with Crippen molar-refractivity contribution in [3.63, 3.8) is 0 Å². The Morgan fingerprint density at radius 1 is 1.35 bits per heavy atom. The Hall–Kier alpha value is -1.30. The molecule has 26 heavy (non-hydrogen) atoms. The number of carbonyl (C=O) groups is 1. The van der Waals surface area contributed by atoms with E-state index in [1.165, 1.54) is 4.90 Å². The molecule has 0 spiro atoms. The van der Waals surface area contributed by atoms with Gasteiger partial charge in [0.05, 0.1) is 11.6 Å². The third-order valence-corrected chi connectivity index (χ3v) is 4.78. The summed E-state index contributed by atoms with van der Waals surface area (Å²) in [7, 11) is 1.65. The summed E-state index contributed by atoms with van der Waals surface area (Å²) in [6.45, 7) is 10.2. The molecule has 1 saturated heterocycles. The number of benzene rings is 1. The zero-order chi connectivity index (χ0) is 19.3. The highest BCUT2D eigenvalue weighted by molar-refractivity contribution is 6.32. The molecular formula is C20H31ClN2O3. The fraction of sp³-hybridized carbons (Fsp3) is 0.650. The van der Waals surface area contributed by atoms with Crippen LogP contribution in [0.3, 0.4) is 0 Å². The summed E-state index contributed by atoms with van der Waals surface area (Å²) in [6, 6.07) is 5.14. The van der Waals surface area contributed by atoms with Crippen LogP contribution >= 0.6 is 11.6 Å². The number of likely N-dealkylation sites (N-methyl/N-ethyl adjacent to an activating group) is 1. The second-order valence-electron chi connectivity index (χ2n) is 8.25. The van der Waals surface area contributed by atoms with E-state index in [-0.39, 0.29) is 18.6 Å². The zero-order valence-corrected chi connectivity index (χ0v) is 17.1. The van der Waals surface area contributed by atoms with E-state index in [4.69, 9.17) is 21.4 Å². The number of nitrogens with zero attached hydrogens (tertiary/aromatic N) is 2. The highest BCUT2D eigenvalue weighted by Gasteiger charge is 2.24. The minimum Gasteiger partial charge on any atom is -0.489 e. The van der Waals surface area contributed by atoms with Gasteiger partial charge in [-0.05, 0) is 36.5 Å². The molecule has 1 N–H and O–H groups in total. The molecule has 2 rings (SSSR count). The smallest absolute Gasteiger partial charge is 0.253 e. The van der Waals surface area contributed by atoms with Gasteiger partial charge in [0.2, 0.25) is 0 Å². The van der Waals surface area contributed by atoms with Crippen LogP contribution < -0.4 is 4.74 Å². The molecule has 1 heterocycles. The Bertz CT molecular complexity index is 608. The summed E-state index contributed by atoms with van der Waals surface area (Å²) in [5, 5.41) is 9.40. The molecule has 5 nitrogen and oxygen atoms in total. The molecule has 0 unspecified atom stereocenters. The Balaban J connectivity index is 1.92. The molecule has 1 aliphatic heterocycles. The van der Waals surface area contributed by atoms with Crippen LogP contribution in [0.25, 0.3) is 0 Å². The zero-order valence-electron chi connectivity index (χ0n) is 16.3. The summed E-state index contributed by atoms with van der Waals surface area (Å²) < 4.78 is 6.08. The largest absolute Gasteiger partial charge is 0.489 e. The lowest BCUT2D eigenvalue weighted by atomic mass is 9.94. The molecule has 0 aromatic heterocycles. The summed E-state index contributed by atoms with van der Waals surface area (Å²) >= 11 is 6.33. The summed E-state index contributed by atoms with van der Waals surface area (Å²) in [4.78, 5) is 16.2. The molecular weight excluding hydrogens is 352 g/mol. The number of ether oxygens (including phenoxy) is 1. The Kier molecular flexibility index (Phi) is 7.33. The predicted molar refractivity (Wildman–Crippen MR) is 105 cm³/mol. The van der Waals surface area contributed by atoms with Crippen LogP contribution in [-0.4, -0.2) is 66.8 Å². The lowest BCUT2D eigenvalue weighted by molar-refractivity contribution is 0.0765. The number of rotatable bonds is 6. The van der Waals surface area contributed by atoms with Crippen LogP contribution in [0.15, 0.2) is 18.2 Å². The van der Waals surface area contributed by atoms with Gasteiger partial charge in [-0.1, -0.05) is 32.4 Å². The summed E-state index contributed by atoms with van der Waals surface area (Å²) in [5.74, 6) is 0.463. The van der Waals surface area contributed by atoms with Crippen molar-refractivity contribution in [2.75, 3.05) is 39.8 Å². The average molecular weight is 383 g/mol. The van der Waals surface area contributed by atoms with Crippen molar-refractivity contribution in [2.24, 2.45) is 5.41 Å². The average Bonchev–Trinajstić information content (AvgIpc) is 2.56. The highest BCUT2D eigenvalue weighted by atomic mass is 35.5. The van der Waals surface area contributed by atoms with Crippen LogP contribution in [0, 0.1) is 5.41 Å². The van der Waals surface area contributed by atoms with E-state index < -0.39 is 0 Å². The summed E-state index contributed by atoms with van der Waals surface area (Å²) in [6.07, 6.45) is 2.11. The fourth-order valence-corrected chi connectivity index (χ4v) is 3.46. The van der Waals surface area contributed by atoms with E-state index in [1.807, 2.05) is 0 Å². The molecule has 1 aliphatic rings. The number of aliphatic hydroxyl groups is 1. The maximum Gasteiger partial charge on any atom is 0.253 e. The molecule has 1 aromatic carbocycles. The van der Waals surface area contributed by atoms with E-state index in [9.17, 15) is 4.79 Å². The Morgan fingerprint density at radius 2 is 2.00 bits per heavy atom. The number of amides is 1. The van der Waals surface area contributed by atoms with Gasteiger partial charge in [0.1, 0.15) is 11.9 Å². The van der Waals surface area contributed by atoms with E-state index in [0.717, 1.165) is 32.5 Å². The third-order valence-electron chi connectivity index (χ3n) is 4.49. The van der Waals surface area contributed by atoms with Crippen molar-refractivity contribution in [1.29, 1.82) is 0 Å². The lowest BCUT2D eigenvalue weighted by Crippen LogP contribution is -2.42. The predicted octanol–water partition coefficient (Wildman–Crippen LogP) is 3.29. The number of halogens is 1. The van der Waals surface area contributed by atoms with Crippen LogP contribution in [0.2, 0.25) is 5.02 Å². The highest BCUT2D eigenvalue weighted by Crippen LogP contribution is 2.29. The normalized spacial score (nSPS) is 16.5. The first-order valence-corrected chi connectivity index (χ1v) is 9.62. The molecule has 1 amide bonds. The van der Waals surface area contributed by atoms with Crippen LogP contribution in [-0.2, 0) is 0 Å². The standard InChI is InChI=1S/C20H31ClN2O3/c1-20(2,3)14-23-9-7-16(8-10-23)26-18-6-5-15(13-17(18)21)19(25)22(4)11-12-24/h5-6,13,16,24H,7-12,14H2,1-4H3. The first-order valence-electron chi connectivity index (χ1n) is 9.24. The van der Waals surface area contributed by atoms with Crippen molar-refractivity contribution in [3.8, 4) is 5.75 Å². The van der Waals surface area contributed by atoms with Gasteiger partial charge >= 0.3 is 0 Å². The number of likely N-dealkylation sites (tertiary alicyclic amines) is 1. The number of hydrogen-bond donors (Lipinski definition) is 1. The van der Waals surface area contributed by atoms with Crippen molar-refractivity contribution >= 4 is 17.5 Å². The molecule has 146 valence electrons. The van der Waals surface area contributed by atoms with Crippen molar-refractivity contribution in [1.82, 2.24) is 9.80 Å². The monoisotopic (exact) mass is 382 g/mol. The second-order valence-corrected chi connectivity index (χ2v) is 8.66. The number of hydrogen-bond acceptors (Lipinski definition) is 4. The van der Waals surface area contributed by atoms with E-state index >= 15 is 0 Å². The molecule has 1 fully saturated rings. The van der Waals surface area contributed by atoms with Gasteiger partial charge in [-0.2, -0.15) is 0 Å². The Morgan fingerprint density at radius 3 is 2.54 bits per heavy atom. The number of aliphatic hydroxyl groups excluding tert-OH is 1. The van der Waals surface area contributed by atoms with Crippen LogP contribution in [0.5, 0.6) is 5.75 Å². The fourth-order valence-electron chi connectivity index (χ4n) is 3.24. The van der Waals surface area contributed by atoms with Crippen LogP contribution in [0.1, 0.15) is 44.0 Å². The number of carbonyl (C=O) groups excluding carboxylic acids is 1. The molecule has 0 bridgehead atoms. The van der Waals surface area contributed by atoms with E-state index in [2.05, 4.69) is 25.7 Å². The van der Waals surface area contributed by atoms with Crippen molar-refractivity contribution in [3.05, 3.63) is 28.8 Å². The maximum absolute atomic E-state index is 12.2. The first-order chi connectivity index (χ1) is 12.2. The van der Waals surface area contributed by atoms with Gasteiger partial charge in [0.25, 0.3) is 5.91 Å². The van der Waals surface area contributed by atoms with Crippen molar-refractivity contribution in [2.45, 2.75) is 39.7 Å². The molecule has 0 radical (unpaired) electrons. The molecule has 6 heteroatoms. The maximum atomic E-state index is 12.2. The SMILES string of the molecule is CN(CCO)C(=O)c1ccc(OC2CCN(CC(C)(C)C)CC2)c(Cl)c1. The van der Waals surface area contributed by atoms with Gasteiger partial charge in [0.15, 0.2) is 0 Å². The number of piperidine rings is 1. The van der Waals surface area contributed by atoms with Gasteiger partial charge < -0.3 is 19.6 Å². The third kappa shape index (κ3) is 6.15. The lowest BCUT2D eigenvalue weighted by Gasteiger charge is -2.36. The topological polar surface area (TPSA) is 53.0 Å². The van der Waals surface area contributed by atoms with E-state index in [1.54, 1.807) is 25.2 Å². The van der Waals surface area contributed by atoms with Crippen molar-refractivity contribution < 1.29 is 14.6 Å². The van der Waals surface area contributed by atoms with Gasteiger partial charge in [-0.3, -0.25) is 4.79 Å².